The van der Waals surface area contributed by atoms with Crippen molar-refractivity contribution in [3.63, 3.8) is 0 Å². The number of carbonyl (C=O) groups excluding carboxylic acids is 1. The summed E-state index contributed by atoms with van der Waals surface area (Å²) in [5.74, 6) is -0.841. The molecule has 1 aliphatic rings. The van der Waals surface area contributed by atoms with Crippen LogP contribution < -0.4 is 0 Å². The molecule has 0 atom stereocenters. The average Bonchev–Trinajstić information content (AvgIpc) is 2.40. The second-order valence-corrected chi connectivity index (χ2v) is 4.23. The van der Waals surface area contributed by atoms with Gasteiger partial charge in [0, 0.05) is 17.3 Å². The topological polar surface area (TPSA) is 39.2 Å². The molecule has 2 rings (SSSR count). The third kappa shape index (κ3) is 2.58. The van der Waals surface area contributed by atoms with Gasteiger partial charge in [-0.2, -0.15) is 4.39 Å². The zero-order valence-corrected chi connectivity index (χ0v) is 10.4. The summed E-state index contributed by atoms with van der Waals surface area (Å²) in [4.78, 5) is 15.5. The summed E-state index contributed by atoms with van der Waals surface area (Å²) < 4.78 is 18.7. The van der Waals surface area contributed by atoms with Crippen LogP contribution in [0.25, 0.3) is 5.57 Å². The van der Waals surface area contributed by atoms with E-state index >= 15 is 0 Å². The molecule has 0 bridgehead atoms. The van der Waals surface area contributed by atoms with Crippen molar-refractivity contribution in [1.29, 1.82) is 0 Å². The molecule has 96 valence electrons. The first-order valence-corrected chi connectivity index (χ1v) is 6.24. The number of carbonyl (C=O) groups is 1. The molecule has 0 aromatic carbocycles. The number of rotatable bonds is 3. The summed E-state index contributed by atoms with van der Waals surface area (Å²) in [6.07, 6.45) is 4.68. The van der Waals surface area contributed by atoms with Gasteiger partial charge < -0.3 is 4.74 Å². The van der Waals surface area contributed by atoms with Gasteiger partial charge in [0.25, 0.3) is 0 Å². The summed E-state index contributed by atoms with van der Waals surface area (Å²) in [6, 6.07) is 3.35. The number of hydrogen-bond donors (Lipinski definition) is 0. The normalized spacial score (nSPS) is 15.7. The Kier molecular flexibility index (Phi) is 4.07. The van der Waals surface area contributed by atoms with Crippen molar-refractivity contribution in [1.82, 2.24) is 4.98 Å². The molecular weight excluding hydrogens is 233 g/mol. The molecular formula is C14H16FNO2. The van der Waals surface area contributed by atoms with Crippen LogP contribution >= 0.6 is 0 Å². The fourth-order valence-corrected chi connectivity index (χ4v) is 2.26. The fraction of sp³-hybridized carbons (Fsp3) is 0.429. The monoisotopic (exact) mass is 249 g/mol. The molecule has 0 unspecified atom stereocenters. The summed E-state index contributed by atoms with van der Waals surface area (Å²) in [7, 11) is 0. The van der Waals surface area contributed by atoms with Gasteiger partial charge in [-0.15, -0.1) is 0 Å². The van der Waals surface area contributed by atoms with E-state index in [1.54, 1.807) is 19.1 Å². The highest BCUT2D eigenvalue weighted by Crippen LogP contribution is 2.33. The van der Waals surface area contributed by atoms with Crippen LogP contribution in [0.3, 0.4) is 0 Å². The van der Waals surface area contributed by atoms with Gasteiger partial charge in [0.1, 0.15) is 0 Å². The number of esters is 1. The third-order valence-electron chi connectivity index (χ3n) is 3.07. The Hall–Kier alpha value is -1.71. The van der Waals surface area contributed by atoms with Crippen molar-refractivity contribution in [3.05, 3.63) is 35.4 Å². The number of halogens is 1. The van der Waals surface area contributed by atoms with Gasteiger partial charge in [-0.3, -0.25) is 0 Å². The fourth-order valence-electron chi connectivity index (χ4n) is 2.26. The highest BCUT2D eigenvalue weighted by molar-refractivity contribution is 5.98. The molecule has 0 saturated carbocycles. The first-order valence-electron chi connectivity index (χ1n) is 6.24. The van der Waals surface area contributed by atoms with E-state index < -0.39 is 5.95 Å². The Balaban J connectivity index is 2.43. The number of ether oxygens (including phenoxy) is 1. The molecule has 0 radical (unpaired) electrons. The van der Waals surface area contributed by atoms with Gasteiger partial charge in [0.05, 0.1) is 6.61 Å². The van der Waals surface area contributed by atoms with Gasteiger partial charge in [0.15, 0.2) is 0 Å². The molecule has 18 heavy (non-hydrogen) atoms. The van der Waals surface area contributed by atoms with E-state index in [0.717, 1.165) is 18.4 Å². The van der Waals surface area contributed by atoms with Gasteiger partial charge in [0.2, 0.25) is 5.95 Å². The van der Waals surface area contributed by atoms with Crippen LogP contribution in [0.1, 0.15) is 38.2 Å². The van der Waals surface area contributed by atoms with Crippen LogP contribution in [0.5, 0.6) is 0 Å². The summed E-state index contributed by atoms with van der Waals surface area (Å²) in [6.45, 7) is 2.11. The molecule has 0 aliphatic heterocycles. The van der Waals surface area contributed by atoms with Crippen molar-refractivity contribution >= 4 is 11.5 Å². The predicted molar refractivity (Wildman–Crippen MR) is 66.2 cm³/mol. The lowest BCUT2D eigenvalue weighted by Crippen LogP contribution is -2.13. The molecule has 3 nitrogen and oxygen atoms in total. The number of pyridine rings is 1. The molecule has 0 N–H and O–H groups in total. The predicted octanol–water partition coefficient (Wildman–Crippen LogP) is 3.11. The lowest BCUT2D eigenvalue weighted by molar-refractivity contribution is -0.138. The number of aromatic nitrogens is 1. The van der Waals surface area contributed by atoms with Crippen LogP contribution in [0.15, 0.2) is 23.9 Å². The van der Waals surface area contributed by atoms with Gasteiger partial charge in [-0.25, -0.2) is 9.78 Å². The van der Waals surface area contributed by atoms with E-state index in [9.17, 15) is 9.18 Å². The molecule has 0 amide bonds. The Morgan fingerprint density at radius 3 is 2.94 bits per heavy atom. The number of allylic oxidation sites excluding steroid dienone is 1. The van der Waals surface area contributed by atoms with Crippen molar-refractivity contribution < 1.29 is 13.9 Å². The smallest absolute Gasteiger partial charge is 0.334 e. The molecule has 0 fully saturated rings. The largest absolute Gasteiger partial charge is 0.463 e. The summed E-state index contributed by atoms with van der Waals surface area (Å²) >= 11 is 0. The maximum Gasteiger partial charge on any atom is 0.334 e. The standard InChI is InChI=1S/C14H16FNO2/c1-2-18-14(17)12-7-4-3-6-10(12)11-8-5-9-16-13(11)15/h5,8-9H,2-4,6-7H2,1H3. The maximum atomic E-state index is 13.7. The second-order valence-electron chi connectivity index (χ2n) is 4.23. The van der Waals surface area contributed by atoms with E-state index in [0.29, 0.717) is 30.6 Å². The van der Waals surface area contributed by atoms with E-state index in [1.807, 2.05) is 0 Å². The minimum Gasteiger partial charge on any atom is -0.463 e. The molecule has 0 saturated heterocycles. The van der Waals surface area contributed by atoms with Crippen molar-refractivity contribution in [2.24, 2.45) is 0 Å². The Bertz CT molecular complexity index is 482. The minimum absolute atomic E-state index is 0.324. The van der Waals surface area contributed by atoms with E-state index in [4.69, 9.17) is 4.74 Å². The van der Waals surface area contributed by atoms with Crippen LogP contribution in [0.4, 0.5) is 4.39 Å². The highest BCUT2D eigenvalue weighted by atomic mass is 19.1. The van der Waals surface area contributed by atoms with Crippen molar-refractivity contribution in [2.45, 2.75) is 32.6 Å². The first-order chi connectivity index (χ1) is 8.74. The average molecular weight is 249 g/mol. The van der Waals surface area contributed by atoms with Gasteiger partial charge >= 0.3 is 5.97 Å². The number of hydrogen-bond acceptors (Lipinski definition) is 3. The summed E-state index contributed by atoms with van der Waals surface area (Å²) in [5.41, 5.74) is 1.79. The molecule has 1 aliphatic carbocycles. The highest BCUT2D eigenvalue weighted by Gasteiger charge is 2.23. The molecule has 4 heteroatoms. The Labute approximate surface area is 106 Å². The summed E-state index contributed by atoms with van der Waals surface area (Å²) in [5, 5.41) is 0. The Morgan fingerprint density at radius 1 is 1.44 bits per heavy atom. The third-order valence-corrected chi connectivity index (χ3v) is 3.07. The molecule has 1 aromatic rings. The zero-order valence-electron chi connectivity index (χ0n) is 10.4. The van der Waals surface area contributed by atoms with Crippen molar-refractivity contribution in [3.8, 4) is 0 Å². The quantitative estimate of drug-likeness (QED) is 0.610. The SMILES string of the molecule is CCOC(=O)C1=C(c2cccnc2F)CCCC1. The van der Waals surface area contributed by atoms with Gasteiger partial charge in [-0.05, 0) is 50.3 Å². The lowest BCUT2D eigenvalue weighted by atomic mass is 9.88. The van der Waals surface area contributed by atoms with Gasteiger partial charge in [-0.1, -0.05) is 0 Å². The Morgan fingerprint density at radius 2 is 2.22 bits per heavy atom. The van der Waals surface area contributed by atoms with Crippen LogP contribution in [0, 0.1) is 5.95 Å². The van der Waals surface area contributed by atoms with Crippen molar-refractivity contribution in [2.75, 3.05) is 6.61 Å². The lowest BCUT2D eigenvalue weighted by Gasteiger charge is -2.19. The maximum absolute atomic E-state index is 13.7. The molecule has 1 aromatic heterocycles. The van der Waals surface area contributed by atoms with Crippen LogP contribution in [0.2, 0.25) is 0 Å². The molecule has 1 heterocycles. The van der Waals surface area contributed by atoms with Crippen LogP contribution in [-0.2, 0) is 9.53 Å². The van der Waals surface area contributed by atoms with E-state index in [-0.39, 0.29) is 5.97 Å². The van der Waals surface area contributed by atoms with E-state index in [1.165, 1.54) is 6.20 Å². The van der Waals surface area contributed by atoms with E-state index in [2.05, 4.69) is 4.98 Å². The molecule has 0 spiro atoms. The minimum atomic E-state index is -0.517. The first kappa shape index (κ1) is 12.7. The number of nitrogens with zero attached hydrogens (tertiary/aromatic N) is 1. The zero-order chi connectivity index (χ0) is 13.0. The van der Waals surface area contributed by atoms with Crippen LogP contribution in [-0.4, -0.2) is 17.6 Å². The second kappa shape index (κ2) is 5.76.